The molecule has 1 aliphatic heterocycles. The molecule has 1 fully saturated rings. The van der Waals surface area contributed by atoms with E-state index in [1.54, 1.807) is 0 Å². The number of carbonyl (C=O) groups is 1. The second kappa shape index (κ2) is 9.16. The fourth-order valence-electron chi connectivity index (χ4n) is 3.50. The lowest BCUT2D eigenvalue weighted by Crippen LogP contribution is -2.28. The van der Waals surface area contributed by atoms with Crippen LogP contribution >= 0.6 is 0 Å². The van der Waals surface area contributed by atoms with Gasteiger partial charge in [0.1, 0.15) is 23.5 Å². The number of rotatable bonds is 7. The molecule has 1 N–H and O–H groups in total. The van der Waals surface area contributed by atoms with Crippen LogP contribution in [0, 0.1) is 0 Å². The predicted molar refractivity (Wildman–Crippen MR) is 118 cm³/mol. The average Bonchev–Trinajstić information content (AvgIpc) is 3.16. The molecule has 1 aromatic heterocycles. The Balaban J connectivity index is 1.59. The number of ether oxygens (including phenoxy) is 1. The van der Waals surface area contributed by atoms with E-state index >= 15 is 0 Å². The SMILES string of the molecule is CC(=O)N[C@@H](C)c1ccc(O[C@@H]2CCN(c3cccc(N(C)C(C)C)n3)C2)cc1. The lowest BCUT2D eigenvalue weighted by Gasteiger charge is -2.25. The average molecular weight is 397 g/mol. The molecule has 0 unspecified atom stereocenters. The number of pyridine rings is 1. The van der Waals surface area contributed by atoms with E-state index in [1.165, 1.54) is 6.92 Å². The standard InChI is InChI=1S/C23H32N4O2/c1-16(2)26(5)22-7-6-8-23(25-22)27-14-13-21(15-27)29-20-11-9-19(10-12-20)17(3)24-18(4)28/h6-12,16-17,21H,13-15H2,1-5H3,(H,24,28)/t17-,21+/m0/s1. The van der Waals surface area contributed by atoms with Crippen LogP contribution in [0.1, 0.15) is 45.7 Å². The van der Waals surface area contributed by atoms with Gasteiger partial charge in [0.25, 0.3) is 0 Å². The lowest BCUT2D eigenvalue weighted by molar-refractivity contribution is -0.119. The van der Waals surface area contributed by atoms with E-state index in [2.05, 4.69) is 54.2 Å². The number of nitrogens with one attached hydrogen (secondary N) is 1. The van der Waals surface area contributed by atoms with Crippen molar-refractivity contribution in [3.05, 3.63) is 48.0 Å². The van der Waals surface area contributed by atoms with Gasteiger partial charge in [-0.25, -0.2) is 4.98 Å². The van der Waals surface area contributed by atoms with Crippen LogP contribution in [0.25, 0.3) is 0 Å². The molecule has 0 bridgehead atoms. The molecule has 6 heteroatoms. The zero-order valence-electron chi connectivity index (χ0n) is 18.1. The summed E-state index contributed by atoms with van der Waals surface area (Å²) in [6.07, 6.45) is 1.11. The van der Waals surface area contributed by atoms with E-state index in [4.69, 9.17) is 9.72 Å². The Hall–Kier alpha value is -2.76. The van der Waals surface area contributed by atoms with Crippen molar-refractivity contribution in [1.29, 1.82) is 0 Å². The van der Waals surface area contributed by atoms with Crippen LogP contribution < -0.4 is 19.9 Å². The molecule has 1 aliphatic rings. The van der Waals surface area contributed by atoms with Crippen LogP contribution in [0.15, 0.2) is 42.5 Å². The Morgan fingerprint density at radius 1 is 1.21 bits per heavy atom. The minimum atomic E-state index is -0.0267. The lowest BCUT2D eigenvalue weighted by atomic mass is 10.1. The van der Waals surface area contributed by atoms with E-state index in [9.17, 15) is 4.79 Å². The van der Waals surface area contributed by atoms with Gasteiger partial charge in [-0.3, -0.25) is 4.79 Å². The molecule has 3 rings (SSSR count). The fourth-order valence-corrected chi connectivity index (χ4v) is 3.50. The van der Waals surface area contributed by atoms with Gasteiger partial charge in [-0.2, -0.15) is 0 Å². The molecule has 0 saturated carbocycles. The Bertz CT molecular complexity index is 822. The third kappa shape index (κ3) is 5.40. The van der Waals surface area contributed by atoms with E-state index in [-0.39, 0.29) is 18.1 Å². The van der Waals surface area contributed by atoms with Crippen LogP contribution in [-0.2, 0) is 4.79 Å². The van der Waals surface area contributed by atoms with Gasteiger partial charge in [-0.15, -0.1) is 0 Å². The first-order valence-electron chi connectivity index (χ1n) is 10.3. The molecular weight excluding hydrogens is 364 g/mol. The van der Waals surface area contributed by atoms with Crippen LogP contribution in [0.4, 0.5) is 11.6 Å². The van der Waals surface area contributed by atoms with E-state index in [1.807, 2.05) is 31.2 Å². The van der Waals surface area contributed by atoms with E-state index in [0.29, 0.717) is 6.04 Å². The number of aromatic nitrogens is 1. The van der Waals surface area contributed by atoms with Gasteiger partial charge >= 0.3 is 0 Å². The summed E-state index contributed by atoms with van der Waals surface area (Å²) in [4.78, 5) is 20.5. The first-order chi connectivity index (χ1) is 13.8. The van der Waals surface area contributed by atoms with Crippen LogP contribution in [0.2, 0.25) is 0 Å². The van der Waals surface area contributed by atoms with E-state index < -0.39 is 0 Å². The summed E-state index contributed by atoms with van der Waals surface area (Å²) in [5, 5.41) is 2.90. The summed E-state index contributed by atoms with van der Waals surface area (Å²) in [5.41, 5.74) is 1.07. The summed E-state index contributed by atoms with van der Waals surface area (Å²) in [5.74, 6) is 2.82. The van der Waals surface area contributed by atoms with Crippen molar-refractivity contribution in [3.63, 3.8) is 0 Å². The number of nitrogens with zero attached hydrogens (tertiary/aromatic N) is 3. The molecule has 1 saturated heterocycles. The molecule has 6 nitrogen and oxygen atoms in total. The number of benzene rings is 1. The van der Waals surface area contributed by atoms with Gasteiger partial charge in [0.2, 0.25) is 5.91 Å². The minimum absolute atomic E-state index is 0.00848. The number of anilines is 2. The highest BCUT2D eigenvalue weighted by Gasteiger charge is 2.25. The second-order valence-corrected chi connectivity index (χ2v) is 8.02. The zero-order chi connectivity index (χ0) is 21.0. The first kappa shape index (κ1) is 21.0. The molecule has 1 amide bonds. The summed E-state index contributed by atoms with van der Waals surface area (Å²) in [6, 6.07) is 14.6. The highest BCUT2D eigenvalue weighted by molar-refractivity contribution is 5.73. The number of carbonyl (C=O) groups excluding carboxylic acids is 1. The third-order valence-electron chi connectivity index (χ3n) is 5.43. The maximum atomic E-state index is 11.2. The molecule has 0 radical (unpaired) electrons. The fraction of sp³-hybridized carbons (Fsp3) is 0.478. The number of hydrogen-bond donors (Lipinski definition) is 1. The van der Waals surface area contributed by atoms with Crippen molar-refractivity contribution < 1.29 is 9.53 Å². The quantitative estimate of drug-likeness (QED) is 0.772. The van der Waals surface area contributed by atoms with Gasteiger partial charge in [0.05, 0.1) is 12.6 Å². The van der Waals surface area contributed by atoms with Gasteiger partial charge < -0.3 is 19.9 Å². The Labute approximate surface area is 173 Å². The van der Waals surface area contributed by atoms with Crippen molar-refractivity contribution in [1.82, 2.24) is 10.3 Å². The van der Waals surface area contributed by atoms with Crippen molar-refractivity contribution in [3.8, 4) is 5.75 Å². The van der Waals surface area contributed by atoms with Gasteiger partial charge in [-0.05, 0) is 50.6 Å². The predicted octanol–water partition coefficient (Wildman–Crippen LogP) is 3.78. The molecule has 2 heterocycles. The highest BCUT2D eigenvalue weighted by atomic mass is 16.5. The Morgan fingerprint density at radius 2 is 1.93 bits per heavy atom. The number of amides is 1. The molecular formula is C23H32N4O2. The normalized spacial score (nSPS) is 17.3. The Morgan fingerprint density at radius 3 is 2.59 bits per heavy atom. The van der Waals surface area contributed by atoms with Crippen molar-refractivity contribution in [2.45, 2.75) is 52.3 Å². The van der Waals surface area contributed by atoms with Crippen molar-refractivity contribution >= 4 is 17.5 Å². The molecule has 29 heavy (non-hydrogen) atoms. The molecule has 2 aromatic rings. The van der Waals surface area contributed by atoms with Gasteiger partial charge in [0, 0.05) is 33.0 Å². The minimum Gasteiger partial charge on any atom is -0.489 e. The summed E-state index contributed by atoms with van der Waals surface area (Å²) in [7, 11) is 2.07. The summed E-state index contributed by atoms with van der Waals surface area (Å²) < 4.78 is 6.19. The molecule has 1 aromatic carbocycles. The molecule has 2 atom stereocenters. The summed E-state index contributed by atoms with van der Waals surface area (Å²) >= 11 is 0. The van der Waals surface area contributed by atoms with Gasteiger partial charge in [0.15, 0.2) is 0 Å². The van der Waals surface area contributed by atoms with Gasteiger partial charge in [-0.1, -0.05) is 18.2 Å². The number of hydrogen-bond acceptors (Lipinski definition) is 5. The summed E-state index contributed by atoms with van der Waals surface area (Å²) in [6.45, 7) is 9.60. The molecule has 156 valence electrons. The topological polar surface area (TPSA) is 57.7 Å². The first-order valence-corrected chi connectivity index (χ1v) is 10.3. The largest absolute Gasteiger partial charge is 0.489 e. The van der Waals surface area contributed by atoms with E-state index in [0.717, 1.165) is 42.5 Å². The maximum Gasteiger partial charge on any atom is 0.217 e. The third-order valence-corrected chi connectivity index (χ3v) is 5.43. The van der Waals surface area contributed by atoms with Crippen molar-refractivity contribution in [2.75, 3.05) is 29.9 Å². The monoisotopic (exact) mass is 396 g/mol. The van der Waals surface area contributed by atoms with Crippen LogP contribution in [0.5, 0.6) is 5.75 Å². The maximum absolute atomic E-state index is 11.2. The zero-order valence-corrected chi connectivity index (χ0v) is 18.1. The van der Waals surface area contributed by atoms with Crippen LogP contribution in [-0.4, -0.2) is 43.2 Å². The molecule has 0 spiro atoms. The Kier molecular flexibility index (Phi) is 6.62. The highest BCUT2D eigenvalue weighted by Crippen LogP contribution is 2.25. The van der Waals surface area contributed by atoms with Crippen molar-refractivity contribution in [2.24, 2.45) is 0 Å². The second-order valence-electron chi connectivity index (χ2n) is 8.02. The smallest absolute Gasteiger partial charge is 0.217 e. The van der Waals surface area contributed by atoms with Crippen LogP contribution in [0.3, 0.4) is 0 Å². The molecule has 0 aliphatic carbocycles.